The molecule has 0 amide bonds. The molecule has 23 heavy (non-hydrogen) atoms. The zero-order valence-corrected chi connectivity index (χ0v) is 14.8. The molecule has 128 valence electrons. The van der Waals surface area contributed by atoms with Crippen molar-refractivity contribution in [1.82, 2.24) is 9.55 Å². The maximum atomic E-state index is 9.97. The maximum absolute atomic E-state index is 9.97. The number of aliphatic hydroxyl groups is 1. The standard InChI is InChI=1S/C20H32N2O/c1-3-4-5-6-7-8-9-10-13-16-22-19-15-12-11-14-18(19)21-20(22)17(2)23/h11-12,14-15,17,23H,3-10,13,16H2,1-2H3/t17-/m1/s1. The van der Waals surface area contributed by atoms with Crippen molar-refractivity contribution in [2.75, 3.05) is 0 Å². The fourth-order valence-electron chi connectivity index (χ4n) is 3.23. The van der Waals surface area contributed by atoms with Gasteiger partial charge in [-0.1, -0.05) is 70.4 Å². The zero-order valence-electron chi connectivity index (χ0n) is 14.8. The van der Waals surface area contributed by atoms with Crippen LogP contribution in [-0.2, 0) is 6.54 Å². The summed E-state index contributed by atoms with van der Waals surface area (Å²) in [5.74, 6) is 0.797. The summed E-state index contributed by atoms with van der Waals surface area (Å²) in [7, 11) is 0. The first-order chi connectivity index (χ1) is 11.2. The van der Waals surface area contributed by atoms with Gasteiger partial charge in [-0.15, -0.1) is 0 Å². The van der Waals surface area contributed by atoms with E-state index < -0.39 is 6.10 Å². The number of nitrogens with zero attached hydrogens (tertiary/aromatic N) is 2. The second kappa shape index (κ2) is 9.71. The summed E-state index contributed by atoms with van der Waals surface area (Å²) >= 11 is 0. The lowest BCUT2D eigenvalue weighted by atomic mass is 10.1. The average molecular weight is 316 g/mol. The smallest absolute Gasteiger partial charge is 0.138 e. The SMILES string of the molecule is CCCCCCCCCCCn1c([C@@H](C)O)nc2ccccc21. The maximum Gasteiger partial charge on any atom is 0.138 e. The van der Waals surface area contributed by atoms with Gasteiger partial charge in [-0.2, -0.15) is 0 Å². The Bertz CT molecular complexity index is 574. The van der Waals surface area contributed by atoms with Crippen molar-refractivity contribution >= 4 is 11.0 Å². The van der Waals surface area contributed by atoms with Crippen LogP contribution in [0.3, 0.4) is 0 Å². The van der Waals surface area contributed by atoms with Gasteiger partial charge in [0.1, 0.15) is 11.9 Å². The summed E-state index contributed by atoms with van der Waals surface area (Å²) in [5.41, 5.74) is 2.13. The van der Waals surface area contributed by atoms with Gasteiger partial charge < -0.3 is 9.67 Å². The molecule has 0 aliphatic heterocycles. The minimum absolute atomic E-state index is 0.513. The van der Waals surface area contributed by atoms with Gasteiger partial charge in [0.2, 0.25) is 0 Å². The van der Waals surface area contributed by atoms with E-state index in [-0.39, 0.29) is 0 Å². The molecule has 0 bridgehead atoms. The van der Waals surface area contributed by atoms with Crippen molar-refractivity contribution in [3.8, 4) is 0 Å². The Labute approximate surface area is 140 Å². The third-order valence-electron chi connectivity index (χ3n) is 4.54. The van der Waals surface area contributed by atoms with Crippen molar-refractivity contribution in [3.63, 3.8) is 0 Å². The third-order valence-corrected chi connectivity index (χ3v) is 4.54. The Morgan fingerprint density at radius 3 is 2.22 bits per heavy atom. The molecule has 0 saturated carbocycles. The van der Waals surface area contributed by atoms with Gasteiger partial charge in [0, 0.05) is 6.54 Å². The molecular weight excluding hydrogens is 284 g/mol. The van der Waals surface area contributed by atoms with Crippen molar-refractivity contribution in [1.29, 1.82) is 0 Å². The van der Waals surface area contributed by atoms with E-state index >= 15 is 0 Å². The molecular formula is C20H32N2O. The van der Waals surface area contributed by atoms with Gasteiger partial charge in [-0.25, -0.2) is 4.98 Å². The Morgan fingerprint density at radius 2 is 1.57 bits per heavy atom. The van der Waals surface area contributed by atoms with Crippen LogP contribution in [0.15, 0.2) is 24.3 Å². The molecule has 2 aromatic rings. The lowest BCUT2D eigenvalue weighted by Crippen LogP contribution is -2.07. The van der Waals surface area contributed by atoms with Gasteiger partial charge in [0.05, 0.1) is 11.0 Å². The monoisotopic (exact) mass is 316 g/mol. The Hall–Kier alpha value is -1.35. The summed E-state index contributed by atoms with van der Waals surface area (Å²) in [4.78, 5) is 4.58. The summed E-state index contributed by atoms with van der Waals surface area (Å²) < 4.78 is 2.20. The van der Waals surface area contributed by atoms with E-state index in [0.29, 0.717) is 0 Å². The van der Waals surface area contributed by atoms with Crippen LogP contribution >= 0.6 is 0 Å². The van der Waals surface area contributed by atoms with Gasteiger partial charge in [0.25, 0.3) is 0 Å². The predicted molar refractivity (Wildman–Crippen MR) is 97.6 cm³/mol. The zero-order chi connectivity index (χ0) is 16.5. The second-order valence-corrected chi connectivity index (χ2v) is 6.61. The van der Waals surface area contributed by atoms with Crippen molar-refractivity contribution in [3.05, 3.63) is 30.1 Å². The topological polar surface area (TPSA) is 38.0 Å². The second-order valence-electron chi connectivity index (χ2n) is 6.61. The molecule has 1 aromatic carbocycles. The molecule has 0 aliphatic rings. The molecule has 2 rings (SSSR count). The lowest BCUT2D eigenvalue weighted by Gasteiger charge is -2.11. The van der Waals surface area contributed by atoms with E-state index in [1.165, 1.54) is 51.4 Å². The molecule has 1 aromatic heterocycles. The Balaban J connectivity index is 1.77. The molecule has 0 radical (unpaired) electrons. The first-order valence-electron chi connectivity index (χ1n) is 9.37. The largest absolute Gasteiger partial charge is 0.385 e. The molecule has 1 N–H and O–H groups in total. The van der Waals surface area contributed by atoms with E-state index in [4.69, 9.17) is 0 Å². The number of unbranched alkanes of at least 4 members (excludes halogenated alkanes) is 8. The number of hydrogen-bond donors (Lipinski definition) is 1. The van der Waals surface area contributed by atoms with Crippen molar-refractivity contribution in [2.24, 2.45) is 0 Å². The highest BCUT2D eigenvalue weighted by molar-refractivity contribution is 5.75. The van der Waals surface area contributed by atoms with Crippen LogP contribution in [0.25, 0.3) is 11.0 Å². The van der Waals surface area contributed by atoms with Gasteiger partial charge in [-0.3, -0.25) is 0 Å². The van der Waals surface area contributed by atoms with Crippen LogP contribution in [0.5, 0.6) is 0 Å². The quantitative estimate of drug-likeness (QED) is 0.546. The summed E-state index contributed by atoms with van der Waals surface area (Å²) in [6, 6.07) is 8.17. The Kier molecular flexibility index (Phi) is 7.60. The number of fused-ring (bicyclic) bond motifs is 1. The number of para-hydroxylation sites is 2. The van der Waals surface area contributed by atoms with E-state index in [2.05, 4.69) is 22.5 Å². The van der Waals surface area contributed by atoms with Gasteiger partial charge >= 0.3 is 0 Å². The number of rotatable bonds is 11. The molecule has 1 atom stereocenters. The van der Waals surface area contributed by atoms with Crippen LogP contribution in [-0.4, -0.2) is 14.7 Å². The van der Waals surface area contributed by atoms with Crippen LogP contribution in [0, 0.1) is 0 Å². The Morgan fingerprint density at radius 1 is 0.957 bits per heavy atom. The third kappa shape index (κ3) is 5.35. The first-order valence-corrected chi connectivity index (χ1v) is 9.37. The van der Waals surface area contributed by atoms with Gasteiger partial charge in [0.15, 0.2) is 0 Å². The van der Waals surface area contributed by atoms with E-state index in [1.54, 1.807) is 6.92 Å². The minimum atomic E-state index is -0.513. The van der Waals surface area contributed by atoms with Crippen LogP contribution in [0.1, 0.15) is 83.6 Å². The number of hydrogen-bond acceptors (Lipinski definition) is 2. The normalized spacial score (nSPS) is 12.8. The van der Waals surface area contributed by atoms with Crippen molar-refractivity contribution < 1.29 is 5.11 Å². The lowest BCUT2D eigenvalue weighted by molar-refractivity contribution is 0.184. The molecule has 0 spiro atoms. The minimum Gasteiger partial charge on any atom is -0.385 e. The molecule has 3 heteroatoms. The van der Waals surface area contributed by atoms with E-state index in [9.17, 15) is 5.11 Å². The summed E-state index contributed by atoms with van der Waals surface area (Å²) in [5, 5.41) is 9.97. The summed E-state index contributed by atoms with van der Waals surface area (Å²) in [6.07, 6.45) is 11.5. The highest BCUT2D eigenvalue weighted by Crippen LogP contribution is 2.21. The molecule has 0 fully saturated rings. The van der Waals surface area contributed by atoms with Crippen LogP contribution in [0.4, 0.5) is 0 Å². The van der Waals surface area contributed by atoms with E-state index in [0.717, 1.165) is 29.8 Å². The van der Waals surface area contributed by atoms with Crippen molar-refractivity contribution in [2.45, 2.75) is 84.3 Å². The molecule has 0 aliphatic carbocycles. The first kappa shape index (κ1) is 18.0. The highest BCUT2D eigenvalue weighted by atomic mass is 16.3. The number of aromatic nitrogens is 2. The molecule has 0 saturated heterocycles. The van der Waals surface area contributed by atoms with Crippen LogP contribution in [0.2, 0.25) is 0 Å². The summed E-state index contributed by atoms with van der Waals surface area (Å²) in [6.45, 7) is 5.02. The van der Waals surface area contributed by atoms with Crippen LogP contribution < -0.4 is 0 Å². The molecule has 0 unspecified atom stereocenters. The molecule has 3 nitrogen and oxygen atoms in total. The predicted octanol–water partition coefficient (Wildman–Crippen LogP) is 5.62. The number of aryl methyl sites for hydroxylation is 1. The fourth-order valence-corrected chi connectivity index (χ4v) is 3.23. The average Bonchev–Trinajstić information content (AvgIpc) is 2.92. The van der Waals surface area contributed by atoms with E-state index in [1.807, 2.05) is 18.2 Å². The number of imidazole rings is 1. The number of aliphatic hydroxyl groups excluding tert-OH is 1. The highest BCUT2D eigenvalue weighted by Gasteiger charge is 2.13. The van der Waals surface area contributed by atoms with Gasteiger partial charge in [-0.05, 0) is 25.5 Å². The molecule has 1 heterocycles. The fraction of sp³-hybridized carbons (Fsp3) is 0.650. The number of benzene rings is 1.